The van der Waals surface area contributed by atoms with Crippen molar-refractivity contribution in [2.75, 3.05) is 13.7 Å². The SMILES string of the molecule is CCOC1C(NC)CC1Oc1ccc(C)cc1Cl. The molecule has 0 radical (unpaired) electrons. The standard InChI is InChI=1S/C14H20ClNO2/c1-4-17-14-11(16-3)8-13(14)18-12-6-5-9(2)7-10(12)15/h5-7,11,13-14,16H,4,8H2,1-3H3. The van der Waals surface area contributed by atoms with E-state index in [0.29, 0.717) is 17.7 Å². The van der Waals surface area contributed by atoms with Gasteiger partial charge in [0.25, 0.3) is 0 Å². The monoisotopic (exact) mass is 269 g/mol. The molecule has 100 valence electrons. The van der Waals surface area contributed by atoms with E-state index in [2.05, 4.69) is 5.32 Å². The number of halogens is 1. The van der Waals surface area contributed by atoms with Crippen molar-refractivity contribution in [1.29, 1.82) is 0 Å². The third kappa shape index (κ3) is 2.79. The molecule has 1 aromatic carbocycles. The van der Waals surface area contributed by atoms with Gasteiger partial charge in [-0.15, -0.1) is 0 Å². The zero-order valence-corrected chi connectivity index (χ0v) is 11.8. The molecule has 1 N–H and O–H groups in total. The van der Waals surface area contributed by atoms with Gasteiger partial charge in [0, 0.05) is 19.1 Å². The maximum atomic E-state index is 6.17. The number of likely N-dealkylation sites (N-methyl/N-ethyl adjacent to an activating group) is 1. The summed E-state index contributed by atoms with van der Waals surface area (Å²) in [5, 5.41) is 3.90. The van der Waals surface area contributed by atoms with E-state index in [1.54, 1.807) is 0 Å². The molecule has 0 spiro atoms. The second kappa shape index (κ2) is 5.91. The molecule has 3 unspecified atom stereocenters. The summed E-state index contributed by atoms with van der Waals surface area (Å²) in [5.74, 6) is 0.742. The fourth-order valence-corrected chi connectivity index (χ4v) is 2.54. The molecule has 3 atom stereocenters. The van der Waals surface area contributed by atoms with E-state index in [1.807, 2.05) is 39.1 Å². The van der Waals surface area contributed by atoms with Crippen LogP contribution in [0.3, 0.4) is 0 Å². The lowest BCUT2D eigenvalue weighted by Gasteiger charge is -2.43. The minimum absolute atomic E-state index is 0.0857. The molecule has 1 aliphatic rings. The predicted octanol–water partition coefficient (Wildman–Crippen LogP) is 2.79. The Kier molecular flexibility index (Phi) is 4.49. The van der Waals surface area contributed by atoms with Crippen molar-refractivity contribution in [3.05, 3.63) is 28.8 Å². The molecule has 1 fully saturated rings. The Morgan fingerprint density at radius 2 is 2.22 bits per heavy atom. The van der Waals surface area contributed by atoms with Gasteiger partial charge < -0.3 is 14.8 Å². The van der Waals surface area contributed by atoms with Crippen molar-refractivity contribution in [1.82, 2.24) is 5.32 Å². The van der Waals surface area contributed by atoms with Crippen LogP contribution in [0.2, 0.25) is 5.02 Å². The van der Waals surface area contributed by atoms with Crippen LogP contribution < -0.4 is 10.1 Å². The third-order valence-corrected chi connectivity index (χ3v) is 3.64. The molecule has 0 saturated heterocycles. The Morgan fingerprint density at radius 3 is 2.83 bits per heavy atom. The predicted molar refractivity (Wildman–Crippen MR) is 73.5 cm³/mol. The fraction of sp³-hybridized carbons (Fsp3) is 0.571. The van der Waals surface area contributed by atoms with Gasteiger partial charge in [-0.2, -0.15) is 0 Å². The van der Waals surface area contributed by atoms with Gasteiger partial charge >= 0.3 is 0 Å². The summed E-state index contributed by atoms with van der Waals surface area (Å²) in [7, 11) is 1.95. The molecule has 18 heavy (non-hydrogen) atoms. The Morgan fingerprint density at radius 1 is 1.44 bits per heavy atom. The lowest BCUT2D eigenvalue weighted by atomic mass is 9.85. The molecule has 4 heteroatoms. The molecule has 1 aliphatic carbocycles. The van der Waals surface area contributed by atoms with Crippen molar-refractivity contribution in [3.63, 3.8) is 0 Å². The summed E-state index contributed by atoms with van der Waals surface area (Å²) in [4.78, 5) is 0. The Balaban J connectivity index is 2.01. The molecule has 0 amide bonds. The highest BCUT2D eigenvalue weighted by Gasteiger charge is 2.43. The number of rotatable bonds is 5. The zero-order valence-electron chi connectivity index (χ0n) is 11.1. The molecule has 0 aromatic heterocycles. The van der Waals surface area contributed by atoms with E-state index >= 15 is 0 Å². The van der Waals surface area contributed by atoms with Crippen LogP contribution >= 0.6 is 11.6 Å². The summed E-state index contributed by atoms with van der Waals surface area (Å²) >= 11 is 6.17. The average molecular weight is 270 g/mol. The van der Waals surface area contributed by atoms with Crippen molar-refractivity contribution in [2.24, 2.45) is 0 Å². The number of aryl methyl sites for hydroxylation is 1. The highest BCUT2D eigenvalue weighted by molar-refractivity contribution is 6.32. The first kappa shape index (κ1) is 13.7. The van der Waals surface area contributed by atoms with Crippen molar-refractivity contribution >= 4 is 11.6 Å². The van der Waals surface area contributed by atoms with Gasteiger partial charge in [0.2, 0.25) is 0 Å². The first-order valence-corrected chi connectivity index (χ1v) is 6.75. The summed E-state index contributed by atoms with van der Waals surface area (Å²) in [6.45, 7) is 4.71. The summed E-state index contributed by atoms with van der Waals surface area (Å²) in [5.41, 5.74) is 1.13. The number of nitrogens with one attached hydrogen (secondary N) is 1. The minimum atomic E-state index is 0.0857. The first-order valence-electron chi connectivity index (χ1n) is 6.37. The highest BCUT2D eigenvalue weighted by Crippen LogP contribution is 2.33. The number of benzene rings is 1. The molecule has 1 aromatic rings. The van der Waals surface area contributed by atoms with Crippen LogP contribution in [0.25, 0.3) is 0 Å². The van der Waals surface area contributed by atoms with Gasteiger partial charge in [-0.25, -0.2) is 0 Å². The molecule has 2 rings (SSSR count). The summed E-state index contributed by atoms with van der Waals surface area (Å²) in [6.07, 6.45) is 1.14. The Hall–Kier alpha value is -0.770. The van der Waals surface area contributed by atoms with Gasteiger partial charge in [-0.3, -0.25) is 0 Å². The number of ether oxygens (including phenoxy) is 2. The van der Waals surface area contributed by atoms with E-state index in [1.165, 1.54) is 0 Å². The van der Waals surface area contributed by atoms with Gasteiger partial charge in [0.05, 0.1) is 5.02 Å². The second-order valence-electron chi connectivity index (χ2n) is 4.64. The second-order valence-corrected chi connectivity index (χ2v) is 5.05. The molecular weight excluding hydrogens is 250 g/mol. The lowest BCUT2D eigenvalue weighted by molar-refractivity contribution is -0.103. The van der Waals surface area contributed by atoms with Crippen LogP contribution in [-0.2, 0) is 4.74 Å². The van der Waals surface area contributed by atoms with Crippen LogP contribution in [-0.4, -0.2) is 31.9 Å². The Bertz CT molecular complexity index is 411. The quantitative estimate of drug-likeness (QED) is 0.892. The lowest BCUT2D eigenvalue weighted by Crippen LogP contribution is -2.60. The van der Waals surface area contributed by atoms with Gasteiger partial charge in [0.15, 0.2) is 0 Å². The van der Waals surface area contributed by atoms with E-state index in [-0.39, 0.29) is 12.2 Å². The summed E-state index contributed by atoms with van der Waals surface area (Å²) in [6, 6.07) is 6.22. The third-order valence-electron chi connectivity index (χ3n) is 3.34. The molecule has 0 heterocycles. The maximum Gasteiger partial charge on any atom is 0.138 e. The molecular formula is C14H20ClNO2. The van der Waals surface area contributed by atoms with Crippen molar-refractivity contribution < 1.29 is 9.47 Å². The van der Waals surface area contributed by atoms with Crippen molar-refractivity contribution in [3.8, 4) is 5.75 Å². The smallest absolute Gasteiger partial charge is 0.138 e. The Labute approximate surface area is 113 Å². The number of hydrogen-bond donors (Lipinski definition) is 1. The van der Waals surface area contributed by atoms with Gasteiger partial charge in [-0.1, -0.05) is 17.7 Å². The largest absolute Gasteiger partial charge is 0.486 e. The van der Waals surface area contributed by atoms with Crippen LogP contribution in [0.4, 0.5) is 0 Å². The average Bonchev–Trinajstić information content (AvgIpc) is 2.33. The maximum absolute atomic E-state index is 6.17. The van der Waals surface area contributed by atoms with Crippen LogP contribution in [0.5, 0.6) is 5.75 Å². The highest BCUT2D eigenvalue weighted by atomic mass is 35.5. The number of hydrogen-bond acceptors (Lipinski definition) is 3. The normalized spacial score (nSPS) is 26.8. The van der Waals surface area contributed by atoms with Gasteiger partial charge in [-0.05, 0) is 38.6 Å². The first-order chi connectivity index (χ1) is 8.65. The fourth-order valence-electron chi connectivity index (χ4n) is 2.26. The molecule has 1 saturated carbocycles. The molecule has 0 aliphatic heterocycles. The van der Waals surface area contributed by atoms with E-state index in [4.69, 9.17) is 21.1 Å². The van der Waals surface area contributed by atoms with Crippen molar-refractivity contribution in [2.45, 2.75) is 38.5 Å². The van der Waals surface area contributed by atoms with Crippen LogP contribution in [0.15, 0.2) is 18.2 Å². The molecule has 0 bridgehead atoms. The van der Waals surface area contributed by atoms with E-state index in [9.17, 15) is 0 Å². The van der Waals surface area contributed by atoms with E-state index in [0.717, 1.165) is 17.7 Å². The summed E-state index contributed by atoms with van der Waals surface area (Å²) < 4.78 is 11.6. The van der Waals surface area contributed by atoms with Crippen LogP contribution in [0.1, 0.15) is 18.9 Å². The zero-order chi connectivity index (χ0) is 13.1. The van der Waals surface area contributed by atoms with Gasteiger partial charge in [0.1, 0.15) is 18.0 Å². The van der Waals surface area contributed by atoms with E-state index < -0.39 is 0 Å². The minimum Gasteiger partial charge on any atom is -0.486 e. The topological polar surface area (TPSA) is 30.5 Å². The van der Waals surface area contributed by atoms with Crippen LogP contribution in [0, 0.1) is 6.92 Å². The molecule has 3 nitrogen and oxygen atoms in total.